The molecule has 23 heavy (non-hydrogen) atoms. The minimum absolute atomic E-state index is 0.0397. The smallest absolute Gasteiger partial charge is 0.406 e. The van der Waals surface area contributed by atoms with Crippen molar-refractivity contribution in [1.29, 1.82) is 0 Å². The van der Waals surface area contributed by atoms with E-state index in [0.717, 1.165) is 16.7 Å². The molecule has 0 saturated carbocycles. The molecule has 0 unspecified atom stereocenters. The van der Waals surface area contributed by atoms with Crippen LogP contribution in [0.5, 0.6) is 0 Å². The van der Waals surface area contributed by atoms with Crippen LogP contribution in [0.1, 0.15) is 35.1 Å². The van der Waals surface area contributed by atoms with Gasteiger partial charge in [0.25, 0.3) is 0 Å². The fourth-order valence-electron chi connectivity index (χ4n) is 3.04. The van der Waals surface area contributed by atoms with Crippen LogP contribution in [0.3, 0.4) is 0 Å². The molecule has 2 nitrogen and oxygen atoms in total. The maximum atomic E-state index is 13.5. The Morgan fingerprint density at radius 2 is 1.74 bits per heavy atom. The van der Waals surface area contributed by atoms with Crippen LogP contribution < -0.4 is 0 Å². The molecule has 0 heterocycles. The maximum Gasteiger partial charge on any atom is 0.406 e. The van der Waals surface area contributed by atoms with Crippen LogP contribution >= 0.6 is 0 Å². The third-order valence-electron chi connectivity index (χ3n) is 3.86. The van der Waals surface area contributed by atoms with E-state index < -0.39 is 18.1 Å². The fraction of sp³-hybridized carbons (Fsp3) is 0.389. The number of hydrogen-bond acceptors (Lipinski definition) is 2. The maximum absolute atomic E-state index is 13.5. The van der Waals surface area contributed by atoms with E-state index in [1.54, 1.807) is 13.0 Å². The molecule has 0 aromatic carbocycles. The van der Waals surface area contributed by atoms with Gasteiger partial charge in [0.1, 0.15) is 0 Å². The number of ether oxygens (including phenoxy) is 1. The Kier molecular flexibility index (Phi) is 4.68. The normalized spacial score (nSPS) is 13.2. The van der Waals surface area contributed by atoms with Crippen LogP contribution in [-0.4, -0.2) is 18.8 Å². The molecule has 0 amide bonds. The third kappa shape index (κ3) is 3.33. The second-order valence-corrected chi connectivity index (χ2v) is 5.70. The molecule has 0 aromatic rings. The Labute approximate surface area is 133 Å². The Balaban J connectivity index is 2.71. The number of carbonyl (C=O) groups is 1. The minimum atomic E-state index is -4.70. The molecule has 2 rings (SSSR count). The number of hydrogen-bond donors (Lipinski definition) is 0. The van der Waals surface area contributed by atoms with Crippen LogP contribution in [0.4, 0.5) is 13.2 Å². The van der Waals surface area contributed by atoms with Crippen molar-refractivity contribution in [3.63, 3.8) is 0 Å². The molecule has 124 valence electrons. The highest BCUT2D eigenvalue weighted by atomic mass is 19.4. The average molecular weight is 324 g/mol. The highest BCUT2D eigenvalue weighted by Gasteiger charge is 2.48. The highest BCUT2D eigenvalue weighted by Crippen LogP contribution is 2.44. The molecule has 5 heteroatoms. The summed E-state index contributed by atoms with van der Waals surface area (Å²) in [5.74, 6) is -3.52. The average Bonchev–Trinajstić information content (AvgIpc) is 2.77. The predicted molar refractivity (Wildman–Crippen MR) is 82.7 cm³/mol. The van der Waals surface area contributed by atoms with E-state index in [1.807, 2.05) is 26.0 Å². The van der Waals surface area contributed by atoms with E-state index in [0.29, 0.717) is 11.1 Å². The summed E-state index contributed by atoms with van der Waals surface area (Å²) >= 11 is 0. The summed E-state index contributed by atoms with van der Waals surface area (Å²) in [7, 11) is 0. The lowest BCUT2D eigenvalue weighted by Crippen LogP contribution is -2.30. The fourth-order valence-corrected chi connectivity index (χ4v) is 3.04. The number of rotatable bonds is 3. The Morgan fingerprint density at radius 3 is 2.30 bits per heavy atom. The number of aryl methyl sites for hydroxylation is 3. The lowest BCUT2D eigenvalue weighted by molar-refractivity contribution is -0.180. The van der Waals surface area contributed by atoms with Crippen molar-refractivity contribution in [3.8, 4) is 11.1 Å². The van der Waals surface area contributed by atoms with Crippen LogP contribution in [0.15, 0.2) is 24.3 Å². The molecule has 0 bridgehead atoms. The van der Waals surface area contributed by atoms with Gasteiger partial charge in [0.05, 0.1) is 6.61 Å². The van der Waals surface area contributed by atoms with Gasteiger partial charge in [-0.2, -0.15) is 13.2 Å². The first-order valence-electron chi connectivity index (χ1n) is 7.40. The Morgan fingerprint density at radius 1 is 1.13 bits per heavy atom. The van der Waals surface area contributed by atoms with Gasteiger partial charge in [0, 0.05) is 0 Å². The summed E-state index contributed by atoms with van der Waals surface area (Å²) in [4.78, 5) is 11.9. The predicted octanol–water partition coefficient (Wildman–Crippen LogP) is 4.93. The zero-order chi connectivity index (χ0) is 17.4. The second-order valence-electron chi connectivity index (χ2n) is 5.70. The number of alkyl halides is 3. The molecule has 0 N–H and O–H groups in total. The van der Waals surface area contributed by atoms with Gasteiger partial charge in [-0.3, -0.25) is 4.79 Å². The molecular weight excluding hydrogens is 305 g/mol. The van der Waals surface area contributed by atoms with Crippen molar-refractivity contribution in [3.05, 3.63) is 46.5 Å². The number of esters is 1. The molecule has 0 aromatic heterocycles. The number of halogens is 3. The first-order valence-corrected chi connectivity index (χ1v) is 7.40. The molecule has 2 aliphatic carbocycles. The highest BCUT2D eigenvalue weighted by molar-refractivity contribution is 5.86. The summed E-state index contributed by atoms with van der Waals surface area (Å²) in [6.45, 7) is 6.91. The number of fused-ring (bicyclic) bond motifs is 1. The van der Waals surface area contributed by atoms with Crippen LogP contribution in [0.2, 0.25) is 0 Å². The van der Waals surface area contributed by atoms with Gasteiger partial charge in [0.15, 0.2) is 5.92 Å². The van der Waals surface area contributed by atoms with E-state index in [2.05, 4.69) is 4.74 Å². The summed E-state index contributed by atoms with van der Waals surface area (Å²) in [5, 5.41) is 0. The van der Waals surface area contributed by atoms with Crippen molar-refractivity contribution < 1.29 is 22.7 Å². The van der Waals surface area contributed by atoms with Gasteiger partial charge in [-0.05, 0) is 55.5 Å². The largest absolute Gasteiger partial charge is 0.465 e. The van der Waals surface area contributed by atoms with Crippen LogP contribution in [-0.2, 0) is 9.53 Å². The minimum Gasteiger partial charge on any atom is -0.465 e. The van der Waals surface area contributed by atoms with Gasteiger partial charge in [-0.25, -0.2) is 0 Å². The van der Waals surface area contributed by atoms with E-state index in [4.69, 9.17) is 0 Å². The molecule has 0 radical (unpaired) electrons. The first kappa shape index (κ1) is 17.3. The molecule has 0 spiro atoms. The third-order valence-corrected chi connectivity index (χ3v) is 3.86. The molecule has 0 fully saturated rings. The van der Waals surface area contributed by atoms with Gasteiger partial charge >= 0.3 is 12.1 Å². The van der Waals surface area contributed by atoms with Gasteiger partial charge in [-0.15, -0.1) is 0 Å². The summed E-state index contributed by atoms with van der Waals surface area (Å²) in [6.07, 6.45) is -4.70. The SMILES string of the molecule is CCOC(=O)[C@H](c1ccc2c(C)cc(C)cc(C)c1-2)C(F)(F)F. The summed E-state index contributed by atoms with van der Waals surface area (Å²) in [5.41, 5.74) is 3.71. The van der Waals surface area contributed by atoms with E-state index >= 15 is 0 Å². The standard InChI is InChI=1S/C18H19F3O2/c1-5-23-17(22)16(18(19,20)21)14-7-6-13-11(3)8-10(2)9-12(4)15(13)14/h6-9,16H,5H2,1-4H3/t16-/m0/s1. The van der Waals surface area contributed by atoms with Crippen molar-refractivity contribution in [1.82, 2.24) is 0 Å². The quantitative estimate of drug-likeness (QED) is 0.749. The van der Waals surface area contributed by atoms with Crippen molar-refractivity contribution in [2.24, 2.45) is 0 Å². The van der Waals surface area contributed by atoms with Crippen molar-refractivity contribution >= 4 is 5.97 Å². The molecule has 0 aliphatic heterocycles. The van der Waals surface area contributed by atoms with E-state index in [9.17, 15) is 18.0 Å². The first-order chi connectivity index (χ1) is 10.7. The van der Waals surface area contributed by atoms with Crippen molar-refractivity contribution in [2.75, 3.05) is 6.61 Å². The lowest BCUT2D eigenvalue weighted by Gasteiger charge is -2.20. The Hall–Kier alpha value is -2.04. The van der Waals surface area contributed by atoms with E-state index in [1.165, 1.54) is 13.0 Å². The van der Waals surface area contributed by atoms with Gasteiger partial charge < -0.3 is 4.74 Å². The Bertz CT molecular complexity index is 704. The topological polar surface area (TPSA) is 26.3 Å². The monoisotopic (exact) mass is 324 g/mol. The van der Waals surface area contributed by atoms with Gasteiger partial charge in [-0.1, -0.05) is 29.8 Å². The molecule has 2 aliphatic rings. The van der Waals surface area contributed by atoms with E-state index in [-0.39, 0.29) is 12.2 Å². The molecule has 1 atom stereocenters. The molecular formula is C18H19F3O2. The zero-order valence-corrected chi connectivity index (χ0v) is 13.5. The van der Waals surface area contributed by atoms with Crippen LogP contribution in [0, 0.1) is 20.8 Å². The zero-order valence-electron chi connectivity index (χ0n) is 13.5. The molecule has 0 saturated heterocycles. The second kappa shape index (κ2) is 6.22. The summed E-state index contributed by atoms with van der Waals surface area (Å²) < 4.78 is 45.1. The summed E-state index contributed by atoms with van der Waals surface area (Å²) in [6, 6.07) is 6.78. The van der Waals surface area contributed by atoms with Crippen molar-refractivity contribution in [2.45, 2.75) is 39.8 Å². The van der Waals surface area contributed by atoms with Gasteiger partial charge in [0.2, 0.25) is 0 Å². The van der Waals surface area contributed by atoms with Crippen LogP contribution in [0.25, 0.3) is 11.1 Å². The number of carbonyl (C=O) groups excluding carboxylic acids is 1. The lowest BCUT2D eigenvalue weighted by atomic mass is 9.93.